The smallest absolute Gasteiger partial charge is 0.234 e. The van der Waals surface area contributed by atoms with E-state index < -0.39 is 0 Å². The van der Waals surface area contributed by atoms with Crippen molar-refractivity contribution in [1.82, 2.24) is 10.2 Å². The van der Waals surface area contributed by atoms with E-state index in [0.29, 0.717) is 37.8 Å². The van der Waals surface area contributed by atoms with Crippen LogP contribution in [-0.4, -0.2) is 54.4 Å². The number of hydrogen-bond acceptors (Lipinski definition) is 5. The van der Waals surface area contributed by atoms with E-state index in [9.17, 15) is 4.79 Å². The summed E-state index contributed by atoms with van der Waals surface area (Å²) in [5.74, 6) is 2.32. The number of nitrogens with one attached hydrogen (secondary N) is 1. The van der Waals surface area contributed by atoms with Crippen LogP contribution in [0.2, 0.25) is 0 Å². The van der Waals surface area contributed by atoms with E-state index >= 15 is 0 Å². The zero-order chi connectivity index (χ0) is 20.4. The number of carbonyl (C=O) groups is 1. The fourth-order valence-electron chi connectivity index (χ4n) is 4.92. The van der Waals surface area contributed by atoms with E-state index in [2.05, 4.69) is 15.2 Å². The van der Waals surface area contributed by atoms with E-state index in [1.54, 1.807) is 0 Å². The topological polar surface area (TPSA) is 63.2 Å². The average molecular weight is 400 g/mol. The molecule has 6 heteroatoms. The van der Waals surface area contributed by atoms with Crippen LogP contribution in [0.4, 0.5) is 5.69 Å². The summed E-state index contributed by atoms with van der Waals surface area (Å²) in [6.45, 7) is 7.80. The SMILES string of the molecule is CC(C)(C)NC(=O)CN1C2CCC1CC(CC=Nc1cccc3c1OCCO3)C2. The number of carbonyl (C=O) groups excluding carboxylic acids is 1. The van der Waals surface area contributed by atoms with Gasteiger partial charge in [0.2, 0.25) is 5.91 Å². The molecule has 0 radical (unpaired) electrons. The van der Waals surface area contributed by atoms with Crippen LogP contribution in [0.1, 0.15) is 52.9 Å². The standard InChI is InChI=1S/C23H33N3O3/c1-23(2,3)25-21(27)15-26-17-7-8-18(26)14-16(13-17)9-10-24-19-5-4-6-20-22(19)29-12-11-28-20/h4-6,10,16-18H,7-9,11-15H2,1-3H3,(H,25,27). The van der Waals surface area contributed by atoms with Gasteiger partial charge in [-0.05, 0) is 70.9 Å². The predicted octanol–water partition coefficient (Wildman–Crippen LogP) is 3.71. The molecule has 1 aromatic rings. The number of rotatable bonds is 5. The second kappa shape index (κ2) is 8.34. The highest BCUT2D eigenvalue weighted by molar-refractivity contribution is 5.79. The minimum Gasteiger partial charge on any atom is -0.486 e. The lowest BCUT2D eigenvalue weighted by molar-refractivity contribution is -0.125. The Morgan fingerprint density at radius 3 is 2.66 bits per heavy atom. The van der Waals surface area contributed by atoms with E-state index in [1.807, 2.05) is 45.2 Å². The van der Waals surface area contributed by atoms with Crippen LogP contribution in [0.15, 0.2) is 23.2 Å². The first-order valence-electron chi connectivity index (χ1n) is 10.9. The lowest BCUT2D eigenvalue weighted by atomic mass is 9.88. The summed E-state index contributed by atoms with van der Waals surface area (Å²) in [5, 5.41) is 3.10. The van der Waals surface area contributed by atoms with Crippen molar-refractivity contribution in [3.8, 4) is 11.5 Å². The maximum absolute atomic E-state index is 12.4. The minimum atomic E-state index is -0.170. The second-order valence-electron chi connectivity index (χ2n) is 9.54. The summed E-state index contributed by atoms with van der Waals surface area (Å²) in [7, 11) is 0. The lowest BCUT2D eigenvalue weighted by Crippen LogP contribution is -2.51. The molecule has 6 nitrogen and oxygen atoms in total. The Bertz CT molecular complexity index is 757. The van der Waals surface area contributed by atoms with Crippen molar-refractivity contribution in [2.75, 3.05) is 19.8 Å². The molecule has 2 bridgehead atoms. The molecule has 0 spiro atoms. The van der Waals surface area contributed by atoms with Crippen molar-refractivity contribution in [2.45, 2.75) is 70.5 Å². The number of piperidine rings is 1. The molecule has 2 unspecified atom stereocenters. The van der Waals surface area contributed by atoms with Crippen LogP contribution < -0.4 is 14.8 Å². The third kappa shape index (κ3) is 4.92. The molecule has 0 saturated carbocycles. The molecule has 2 atom stereocenters. The monoisotopic (exact) mass is 399 g/mol. The first-order valence-corrected chi connectivity index (χ1v) is 10.9. The summed E-state index contributed by atoms with van der Waals surface area (Å²) < 4.78 is 11.4. The molecule has 158 valence electrons. The fourth-order valence-corrected chi connectivity index (χ4v) is 4.92. The molecule has 1 amide bonds. The highest BCUT2D eigenvalue weighted by atomic mass is 16.6. The third-order valence-electron chi connectivity index (χ3n) is 6.04. The second-order valence-corrected chi connectivity index (χ2v) is 9.54. The van der Waals surface area contributed by atoms with Crippen LogP contribution in [0.5, 0.6) is 11.5 Å². The Morgan fingerprint density at radius 2 is 1.93 bits per heavy atom. The van der Waals surface area contributed by atoms with E-state index in [0.717, 1.165) is 36.4 Å². The van der Waals surface area contributed by atoms with Gasteiger partial charge in [-0.2, -0.15) is 0 Å². The Morgan fingerprint density at radius 1 is 1.21 bits per heavy atom. The predicted molar refractivity (Wildman–Crippen MR) is 114 cm³/mol. The molecule has 3 aliphatic heterocycles. The number of amides is 1. The zero-order valence-electron chi connectivity index (χ0n) is 17.8. The van der Waals surface area contributed by atoms with Gasteiger partial charge in [0.1, 0.15) is 18.9 Å². The maximum atomic E-state index is 12.4. The van der Waals surface area contributed by atoms with Crippen molar-refractivity contribution in [3.63, 3.8) is 0 Å². The molecule has 4 rings (SSSR count). The number of ether oxygens (including phenoxy) is 2. The number of fused-ring (bicyclic) bond motifs is 3. The number of benzene rings is 1. The Kier molecular flexibility index (Phi) is 5.81. The number of aliphatic imine (C=N–C) groups is 1. The number of para-hydroxylation sites is 1. The molecule has 1 aromatic carbocycles. The highest BCUT2D eigenvalue weighted by Gasteiger charge is 2.41. The van der Waals surface area contributed by atoms with Crippen LogP contribution in [0.25, 0.3) is 0 Å². The van der Waals surface area contributed by atoms with Crippen molar-refractivity contribution in [3.05, 3.63) is 18.2 Å². The van der Waals surface area contributed by atoms with Gasteiger partial charge < -0.3 is 14.8 Å². The molecule has 29 heavy (non-hydrogen) atoms. The Labute approximate surface area is 173 Å². The minimum absolute atomic E-state index is 0.144. The average Bonchev–Trinajstić information content (AvgIpc) is 2.89. The van der Waals surface area contributed by atoms with Crippen molar-refractivity contribution < 1.29 is 14.3 Å². The summed E-state index contributed by atoms with van der Waals surface area (Å²) in [5.41, 5.74) is 0.678. The molecule has 2 fully saturated rings. The molecule has 0 aliphatic carbocycles. The van der Waals surface area contributed by atoms with Crippen LogP contribution in [-0.2, 0) is 4.79 Å². The molecule has 2 saturated heterocycles. The summed E-state index contributed by atoms with van der Waals surface area (Å²) >= 11 is 0. The van der Waals surface area contributed by atoms with Gasteiger partial charge in [0.15, 0.2) is 11.5 Å². The number of hydrogen-bond donors (Lipinski definition) is 1. The van der Waals surface area contributed by atoms with Gasteiger partial charge >= 0.3 is 0 Å². The van der Waals surface area contributed by atoms with Crippen molar-refractivity contribution in [1.29, 1.82) is 0 Å². The third-order valence-corrected chi connectivity index (χ3v) is 6.04. The quantitative estimate of drug-likeness (QED) is 0.767. The first-order chi connectivity index (χ1) is 13.9. The van der Waals surface area contributed by atoms with Crippen molar-refractivity contribution in [2.24, 2.45) is 10.9 Å². The maximum Gasteiger partial charge on any atom is 0.234 e. The molecule has 3 aliphatic rings. The Hall–Kier alpha value is -2.08. The Balaban J connectivity index is 1.32. The number of nitrogens with zero attached hydrogens (tertiary/aromatic N) is 2. The fraction of sp³-hybridized carbons (Fsp3) is 0.652. The largest absolute Gasteiger partial charge is 0.486 e. The normalized spacial score (nSPS) is 26.7. The molecule has 3 heterocycles. The summed E-state index contributed by atoms with van der Waals surface area (Å²) in [6, 6.07) is 6.92. The van der Waals surface area contributed by atoms with E-state index in [-0.39, 0.29) is 11.4 Å². The van der Waals surface area contributed by atoms with Gasteiger partial charge in [-0.1, -0.05) is 6.07 Å². The van der Waals surface area contributed by atoms with Crippen LogP contribution >= 0.6 is 0 Å². The van der Waals surface area contributed by atoms with Gasteiger partial charge in [0, 0.05) is 23.8 Å². The first kappa shape index (κ1) is 20.2. The zero-order valence-corrected chi connectivity index (χ0v) is 17.8. The van der Waals surface area contributed by atoms with Crippen molar-refractivity contribution >= 4 is 17.8 Å². The van der Waals surface area contributed by atoms with E-state index in [4.69, 9.17) is 9.47 Å². The van der Waals surface area contributed by atoms with E-state index in [1.165, 1.54) is 12.8 Å². The molecular weight excluding hydrogens is 366 g/mol. The van der Waals surface area contributed by atoms with Crippen LogP contribution in [0, 0.1) is 5.92 Å². The van der Waals surface area contributed by atoms with Gasteiger partial charge in [-0.3, -0.25) is 14.7 Å². The van der Waals surface area contributed by atoms with Crippen LogP contribution in [0.3, 0.4) is 0 Å². The van der Waals surface area contributed by atoms with Gasteiger partial charge in [0.05, 0.1) is 6.54 Å². The highest BCUT2D eigenvalue weighted by Crippen LogP contribution is 2.41. The van der Waals surface area contributed by atoms with Gasteiger partial charge in [-0.25, -0.2) is 0 Å². The molecule has 1 N–H and O–H groups in total. The van der Waals surface area contributed by atoms with Gasteiger partial charge in [-0.15, -0.1) is 0 Å². The molecule has 0 aromatic heterocycles. The summed E-state index contributed by atoms with van der Waals surface area (Å²) in [4.78, 5) is 19.5. The summed E-state index contributed by atoms with van der Waals surface area (Å²) in [6.07, 6.45) is 7.73. The lowest BCUT2D eigenvalue weighted by Gasteiger charge is -2.38. The van der Waals surface area contributed by atoms with Gasteiger partial charge in [0.25, 0.3) is 0 Å². The molecular formula is C23H33N3O3.